The zero-order valence-corrected chi connectivity index (χ0v) is 12.3. The van der Waals surface area contributed by atoms with Crippen LogP contribution in [-0.2, 0) is 19.4 Å². The van der Waals surface area contributed by atoms with Crippen LogP contribution >= 0.6 is 0 Å². The van der Waals surface area contributed by atoms with E-state index in [-0.39, 0.29) is 6.10 Å². The van der Waals surface area contributed by atoms with Gasteiger partial charge < -0.3 is 9.67 Å². The predicted octanol–water partition coefficient (Wildman–Crippen LogP) is 2.83. The van der Waals surface area contributed by atoms with Crippen molar-refractivity contribution in [2.24, 2.45) is 0 Å². The van der Waals surface area contributed by atoms with Crippen molar-refractivity contribution >= 4 is 0 Å². The fourth-order valence-electron chi connectivity index (χ4n) is 3.31. The van der Waals surface area contributed by atoms with Gasteiger partial charge in [0.1, 0.15) is 0 Å². The van der Waals surface area contributed by atoms with Crippen LogP contribution in [0.3, 0.4) is 0 Å². The van der Waals surface area contributed by atoms with E-state index in [1.54, 1.807) is 0 Å². The van der Waals surface area contributed by atoms with E-state index in [0.29, 0.717) is 0 Å². The first-order valence-corrected chi connectivity index (χ1v) is 7.52. The first-order valence-electron chi connectivity index (χ1n) is 7.52. The minimum Gasteiger partial charge on any atom is -0.388 e. The van der Waals surface area contributed by atoms with Crippen LogP contribution in [0.15, 0.2) is 12.3 Å². The molecule has 2 N–H and O–H groups in total. The normalized spacial score (nSPS) is 18.2. The molecular formula is C16H23N3O. The number of nitrogens with zero attached hydrogens (tertiary/aromatic N) is 2. The summed E-state index contributed by atoms with van der Waals surface area (Å²) in [4.78, 5) is 0. The van der Waals surface area contributed by atoms with Crippen LogP contribution in [0, 0.1) is 13.8 Å². The third-order valence-electron chi connectivity index (χ3n) is 4.46. The molecule has 0 amide bonds. The van der Waals surface area contributed by atoms with Gasteiger partial charge in [0.2, 0.25) is 0 Å². The Bertz CT molecular complexity index is 597. The van der Waals surface area contributed by atoms with Crippen LogP contribution in [0.25, 0.3) is 0 Å². The van der Waals surface area contributed by atoms with Gasteiger partial charge in [0.25, 0.3) is 0 Å². The fraction of sp³-hybridized carbons (Fsp3) is 0.562. The van der Waals surface area contributed by atoms with Crippen LogP contribution in [0.4, 0.5) is 0 Å². The highest BCUT2D eigenvalue weighted by atomic mass is 16.3. The summed E-state index contributed by atoms with van der Waals surface area (Å²) >= 11 is 0. The summed E-state index contributed by atoms with van der Waals surface area (Å²) in [5.41, 5.74) is 6.27. The standard InChI is InChI=1S/C16H23N3O/c1-11-9-14-15(6-3-7-16(14)20)19(11)8-4-5-13-10-17-18-12(13)2/h9-10,16,20H,3-8H2,1-2H3,(H,17,18). The number of aliphatic hydroxyl groups excluding tert-OH is 1. The van der Waals surface area contributed by atoms with E-state index in [2.05, 4.69) is 34.7 Å². The molecule has 1 aliphatic carbocycles. The predicted molar refractivity (Wildman–Crippen MR) is 78.7 cm³/mol. The summed E-state index contributed by atoms with van der Waals surface area (Å²) < 4.78 is 2.40. The molecule has 1 unspecified atom stereocenters. The fourth-order valence-corrected chi connectivity index (χ4v) is 3.31. The highest BCUT2D eigenvalue weighted by Gasteiger charge is 2.22. The number of aromatic amines is 1. The van der Waals surface area contributed by atoms with Crippen molar-refractivity contribution in [1.82, 2.24) is 14.8 Å². The van der Waals surface area contributed by atoms with Gasteiger partial charge in [-0.25, -0.2) is 0 Å². The zero-order chi connectivity index (χ0) is 14.1. The highest BCUT2D eigenvalue weighted by Crippen LogP contribution is 2.32. The molecule has 108 valence electrons. The number of nitrogens with one attached hydrogen (secondary N) is 1. The maximum atomic E-state index is 10.1. The first kappa shape index (κ1) is 13.4. The Kier molecular flexibility index (Phi) is 3.66. The Balaban J connectivity index is 1.70. The number of aromatic nitrogens is 3. The number of rotatable bonds is 4. The summed E-state index contributed by atoms with van der Waals surface area (Å²) in [6.07, 6.45) is 6.94. The average Bonchev–Trinajstić information content (AvgIpc) is 2.96. The SMILES string of the molecule is Cc1[nH]ncc1CCCn1c(C)cc2c1CCCC2O. The molecule has 0 saturated carbocycles. The number of aliphatic hydroxyl groups is 1. The van der Waals surface area contributed by atoms with Gasteiger partial charge in [-0.1, -0.05) is 0 Å². The van der Waals surface area contributed by atoms with Crippen molar-refractivity contribution in [1.29, 1.82) is 0 Å². The lowest BCUT2D eigenvalue weighted by atomic mass is 9.95. The largest absolute Gasteiger partial charge is 0.388 e. The van der Waals surface area contributed by atoms with E-state index in [9.17, 15) is 5.11 Å². The molecule has 0 fully saturated rings. The molecule has 0 spiro atoms. The zero-order valence-electron chi connectivity index (χ0n) is 12.3. The molecule has 0 radical (unpaired) electrons. The summed E-state index contributed by atoms with van der Waals surface area (Å²) in [5.74, 6) is 0. The molecule has 2 aromatic rings. The van der Waals surface area contributed by atoms with Crippen molar-refractivity contribution in [2.75, 3.05) is 0 Å². The van der Waals surface area contributed by atoms with Gasteiger partial charge >= 0.3 is 0 Å². The monoisotopic (exact) mass is 273 g/mol. The smallest absolute Gasteiger partial charge is 0.0807 e. The molecule has 2 heterocycles. The van der Waals surface area contributed by atoms with E-state index in [4.69, 9.17) is 0 Å². The second-order valence-corrected chi connectivity index (χ2v) is 5.87. The first-order chi connectivity index (χ1) is 9.66. The molecule has 20 heavy (non-hydrogen) atoms. The molecular weight excluding hydrogens is 250 g/mol. The third-order valence-corrected chi connectivity index (χ3v) is 4.46. The maximum Gasteiger partial charge on any atom is 0.0807 e. The van der Waals surface area contributed by atoms with Crippen molar-refractivity contribution in [2.45, 2.75) is 58.6 Å². The van der Waals surface area contributed by atoms with Gasteiger partial charge in [-0.2, -0.15) is 5.10 Å². The summed E-state index contributed by atoms with van der Waals surface area (Å²) in [6, 6.07) is 2.17. The van der Waals surface area contributed by atoms with Crippen LogP contribution < -0.4 is 0 Å². The number of fused-ring (bicyclic) bond motifs is 1. The summed E-state index contributed by atoms with van der Waals surface area (Å²) in [7, 11) is 0. The van der Waals surface area contributed by atoms with E-state index in [1.165, 1.54) is 22.6 Å². The average molecular weight is 273 g/mol. The van der Waals surface area contributed by atoms with Crippen LogP contribution in [-0.4, -0.2) is 19.9 Å². The minimum atomic E-state index is -0.255. The Hall–Kier alpha value is -1.55. The van der Waals surface area contributed by atoms with Crippen molar-refractivity contribution < 1.29 is 5.11 Å². The number of hydrogen-bond donors (Lipinski definition) is 2. The van der Waals surface area contributed by atoms with Crippen LogP contribution in [0.5, 0.6) is 0 Å². The lowest BCUT2D eigenvalue weighted by Gasteiger charge is -2.20. The molecule has 0 bridgehead atoms. The number of H-pyrrole nitrogens is 1. The van der Waals surface area contributed by atoms with Crippen LogP contribution in [0.2, 0.25) is 0 Å². The lowest BCUT2D eigenvalue weighted by molar-refractivity contribution is 0.155. The molecule has 2 aromatic heterocycles. The van der Waals surface area contributed by atoms with Gasteiger partial charge in [0, 0.05) is 29.2 Å². The third kappa shape index (κ3) is 2.40. The maximum absolute atomic E-state index is 10.1. The van der Waals surface area contributed by atoms with E-state index in [0.717, 1.165) is 44.2 Å². The molecule has 3 rings (SSSR count). The van der Waals surface area contributed by atoms with Gasteiger partial charge in [-0.3, -0.25) is 5.10 Å². The van der Waals surface area contributed by atoms with Gasteiger partial charge in [-0.05, 0) is 57.6 Å². The molecule has 0 saturated heterocycles. The van der Waals surface area contributed by atoms with Crippen molar-refractivity contribution in [3.05, 3.63) is 40.5 Å². The second-order valence-electron chi connectivity index (χ2n) is 5.87. The van der Waals surface area contributed by atoms with Crippen LogP contribution in [0.1, 0.15) is 53.6 Å². The summed E-state index contributed by atoms with van der Waals surface area (Å²) in [6.45, 7) is 5.24. The molecule has 0 aliphatic heterocycles. The highest BCUT2D eigenvalue weighted by molar-refractivity contribution is 5.31. The van der Waals surface area contributed by atoms with Gasteiger partial charge in [0.15, 0.2) is 0 Å². The van der Waals surface area contributed by atoms with Gasteiger partial charge in [0.05, 0.1) is 12.3 Å². The molecule has 0 aromatic carbocycles. The minimum absolute atomic E-state index is 0.255. The van der Waals surface area contributed by atoms with E-state index in [1.807, 2.05) is 6.20 Å². The Morgan fingerprint density at radius 1 is 1.45 bits per heavy atom. The second kappa shape index (κ2) is 5.44. The van der Waals surface area contributed by atoms with Crippen molar-refractivity contribution in [3.63, 3.8) is 0 Å². The Morgan fingerprint density at radius 2 is 2.30 bits per heavy atom. The lowest BCUT2D eigenvalue weighted by Crippen LogP contribution is -2.13. The molecule has 4 heteroatoms. The van der Waals surface area contributed by atoms with E-state index >= 15 is 0 Å². The quantitative estimate of drug-likeness (QED) is 0.900. The Morgan fingerprint density at radius 3 is 3.05 bits per heavy atom. The molecule has 1 aliphatic rings. The molecule has 1 atom stereocenters. The Labute approximate surface area is 119 Å². The molecule has 4 nitrogen and oxygen atoms in total. The van der Waals surface area contributed by atoms with E-state index < -0.39 is 0 Å². The number of aryl methyl sites for hydroxylation is 3. The topological polar surface area (TPSA) is 53.8 Å². The number of hydrogen-bond acceptors (Lipinski definition) is 2. The van der Waals surface area contributed by atoms with Gasteiger partial charge in [-0.15, -0.1) is 0 Å². The summed E-state index contributed by atoms with van der Waals surface area (Å²) in [5, 5.41) is 17.1. The van der Waals surface area contributed by atoms with Crippen molar-refractivity contribution in [3.8, 4) is 0 Å².